The van der Waals surface area contributed by atoms with Gasteiger partial charge < -0.3 is 14.2 Å². The molecule has 0 atom stereocenters. The maximum absolute atomic E-state index is 11.4. The summed E-state index contributed by atoms with van der Waals surface area (Å²) in [4.78, 5) is 11.4. The fourth-order valence-electron chi connectivity index (χ4n) is 1.56. The first-order chi connectivity index (χ1) is 9.25. The maximum Gasteiger partial charge on any atom is 0.163 e. The molecule has 0 aromatic heterocycles. The van der Waals surface area contributed by atoms with E-state index < -0.39 is 0 Å². The minimum Gasteiger partial charge on any atom is -0.490 e. The second kappa shape index (κ2) is 9.53. The van der Waals surface area contributed by atoms with E-state index in [4.69, 9.17) is 14.2 Å². The molecule has 0 amide bonds. The van der Waals surface area contributed by atoms with Gasteiger partial charge in [0.2, 0.25) is 0 Å². The molecule has 0 aliphatic heterocycles. The van der Waals surface area contributed by atoms with Crippen LogP contribution in [-0.2, 0) is 9.47 Å². The molecule has 0 spiro atoms. The Labute approximate surface area is 114 Å². The second-order valence-electron chi connectivity index (χ2n) is 4.13. The number of rotatable bonds is 10. The molecular formula is C15H22O4. The highest BCUT2D eigenvalue weighted by Crippen LogP contribution is 2.17. The van der Waals surface area contributed by atoms with Gasteiger partial charge in [-0.1, -0.05) is 19.1 Å². The van der Waals surface area contributed by atoms with E-state index in [0.717, 1.165) is 13.0 Å². The maximum atomic E-state index is 11.4. The van der Waals surface area contributed by atoms with Crippen molar-refractivity contribution in [2.75, 3.05) is 33.0 Å². The van der Waals surface area contributed by atoms with Crippen molar-refractivity contribution in [1.29, 1.82) is 0 Å². The van der Waals surface area contributed by atoms with Crippen LogP contribution >= 0.6 is 0 Å². The molecule has 0 N–H and O–H groups in total. The van der Waals surface area contributed by atoms with Crippen LogP contribution in [-0.4, -0.2) is 38.8 Å². The normalized spacial score (nSPS) is 10.4. The Kier molecular flexibility index (Phi) is 7.86. The van der Waals surface area contributed by atoms with Gasteiger partial charge in [-0.2, -0.15) is 0 Å². The Balaban J connectivity index is 2.17. The summed E-state index contributed by atoms with van der Waals surface area (Å²) in [6, 6.07) is 7.23. The molecular weight excluding hydrogens is 244 g/mol. The molecule has 1 aromatic rings. The molecule has 0 saturated heterocycles. The lowest BCUT2D eigenvalue weighted by Crippen LogP contribution is -2.12. The van der Waals surface area contributed by atoms with Gasteiger partial charge in [-0.3, -0.25) is 4.79 Å². The van der Waals surface area contributed by atoms with Crippen LogP contribution < -0.4 is 4.74 Å². The van der Waals surface area contributed by atoms with Gasteiger partial charge in [0.25, 0.3) is 0 Å². The zero-order chi connectivity index (χ0) is 13.9. The van der Waals surface area contributed by atoms with Crippen molar-refractivity contribution in [3.05, 3.63) is 29.8 Å². The molecule has 19 heavy (non-hydrogen) atoms. The second-order valence-corrected chi connectivity index (χ2v) is 4.13. The minimum atomic E-state index is 0.00415. The summed E-state index contributed by atoms with van der Waals surface area (Å²) < 4.78 is 16.2. The first-order valence-electron chi connectivity index (χ1n) is 6.64. The molecule has 1 aromatic carbocycles. The van der Waals surface area contributed by atoms with Gasteiger partial charge in [-0.25, -0.2) is 0 Å². The highest BCUT2D eigenvalue weighted by molar-refractivity contribution is 5.96. The van der Waals surface area contributed by atoms with Crippen LogP contribution in [0.15, 0.2) is 24.3 Å². The van der Waals surface area contributed by atoms with Gasteiger partial charge in [-0.15, -0.1) is 0 Å². The number of ether oxygens (including phenoxy) is 3. The summed E-state index contributed by atoms with van der Waals surface area (Å²) in [5.41, 5.74) is 0.605. The highest BCUT2D eigenvalue weighted by atomic mass is 16.5. The minimum absolute atomic E-state index is 0.00415. The Morgan fingerprint density at radius 1 is 1.00 bits per heavy atom. The van der Waals surface area contributed by atoms with E-state index in [1.807, 2.05) is 12.1 Å². The molecule has 0 heterocycles. The van der Waals surface area contributed by atoms with Crippen LogP contribution in [0.1, 0.15) is 30.6 Å². The third-order valence-electron chi connectivity index (χ3n) is 2.47. The van der Waals surface area contributed by atoms with Gasteiger partial charge in [-0.05, 0) is 25.5 Å². The SMILES string of the molecule is CCCOCCOCCOc1ccccc1C(C)=O. The first kappa shape index (κ1) is 15.7. The van der Waals surface area contributed by atoms with Gasteiger partial charge in [0, 0.05) is 6.61 Å². The van der Waals surface area contributed by atoms with Crippen molar-refractivity contribution in [2.24, 2.45) is 0 Å². The number of carbonyl (C=O) groups excluding carboxylic acids is 1. The summed E-state index contributed by atoms with van der Waals surface area (Å²) in [6.07, 6.45) is 1.02. The Bertz CT molecular complexity index is 376. The summed E-state index contributed by atoms with van der Waals surface area (Å²) in [5, 5.41) is 0. The molecule has 4 nitrogen and oxygen atoms in total. The molecule has 0 fully saturated rings. The molecule has 0 aliphatic carbocycles. The monoisotopic (exact) mass is 266 g/mol. The Hall–Kier alpha value is -1.39. The van der Waals surface area contributed by atoms with Crippen molar-refractivity contribution in [1.82, 2.24) is 0 Å². The molecule has 1 rings (SSSR count). The summed E-state index contributed by atoms with van der Waals surface area (Å²) in [7, 11) is 0. The average Bonchev–Trinajstić information content (AvgIpc) is 2.42. The molecule has 4 heteroatoms. The van der Waals surface area contributed by atoms with Crippen molar-refractivity contribution < 1.29 is 19.0 Å². The quantitative estimate of drug-likeness (QED) is 0.482. The lowest BCUT2D eigenvalue weighted by molar-refractivity contribution is 0.0365. The predicted molar refractivity (Wildman–Crippen MR) is 73.9 cm³/mol. The number of ketones is 1. The van der Waals surface area contributed by atoms with Gasteiger partial charge >= 0.3 is 0 Å². The van der Waals surface area contributed by atoms with E-state index in [0.29, 0.717) is 37.7 Å². The van der Waals surface area contributed by atoms with E-state index in [2.05, 4.69) is 6.92 Å². The average molecular weight is 266 g/mol. The third kappa shape index (κ3) is 6.36. The van der Waals surface area contributed by atoms with Crippen molar-refractivity contribution in [2.45, 2.75) is 20.3 Å². The first-order valence-corrected chi connectivity index (χ1v) is 6.64. The zero-order valence-corrected chi connectivity index (χ0v) is 11.7. The predicted octanol–water partition coefficient (Wildman–Crippen LogP) is 2.71. The van der Waals surface area contributed by atoms with Crippen molar-refractivity contribution in [3.8, 4) is 5.75 Å². The highest BCUT2D eigenvalue weighted by Gasteiger charge is 2.06. The number of carbonyl (C=O) groups is 1. The van der Waals surface area contributed by atoms with Crippen LogP contribution in [0.2, 0.25) is 0 Å². The molecule has 0 bridgehead atoms. The summed E-state index contributed by atoms with van der Waals surface area (Å²) in [5.74, 6) is 0.616. The van der Waals surface area contributed by atoms with E-state index in [1.165, 1.54) is 6.92 Å². The van der Waals surface area contributed by atoms with E-state index in [1.54, 1.807) is 12.1 Å². The van der Waals surface area contributed by atoms with Crippen LogP contribution in [0, 0.1) is 0 Å². The largest absolute Gasteiger partial charge is 0.490 e. The number of hydrogen-bond donors (Lipinski definition) is 0. The van der Waals surface area contributed by atoms with Gasteiger partial charge in [0.05, 0.1) is 25.4 Å². The molecule has 0 radical (unpaired) electrons. The summed E-state index contributed by atoms with van der Waals surface area (Å²) in [6.45, 7) is 6.46. The Morgan fingerprint density at radius 3 is 2.32 bits per heavy atom. The zero-order valence-electron chi connectivity index (χ0n) is 11.7. The van der Waals surface area contributed by atoms with Gasteiger partial charge in [0.1, 0.15) is 12.4 Å². The van der Waals surface area contributed by atoms with Crippen LogP contribution in [0.4, 0.5) is 0 Å². The van der Waals surface area contributed by atoms with Crippen LogP contribution in [0.3, 0.4) is 0 Å². The lowest BCUT2D eigenvalue weighted by Gasteiger charge is -2.10. The number of hydrogen-bond acceptors (Lipinski definition) is 4. The topological polar surface area (TPSA) is 44.8 Å². The molecule has 106 valence electrons. The molecule has 0 saturated carbocycles. The van der Waals surface area contributed by atoms with E-state index >= 15 is 0 Å². The van der Waals surface area contributed by atoms with Gasteiger partial charge in [0.15, 0.2) is 5.78 Å². The Morgan fingerprint density at radius 2 is 1.63 bits per heavy atom. The number of benzene rings is 1. The fraction of sp³-hybridized carbons (Fsp3) is 0.533. The van der Waals surface area contributed by atoms with E-state index in [9.17, 15) is 4.79 Å². The third-order valence-corrected chi connectivity index (χ3v) is 2.47. The smallest absolute Gasteiger partial charge is 0.163 e. The summed E-state index contributed by atoms with van der Waals surface area (Å²) >= 11 is 0. The van der Waals surface area contributed by atoms with Crippen LogP contribution in [0.25, 0.3) is 0 Å². The number of para-hydroxylation sites is 1. The lowest BCUT2D eigenvalue weighted by atomic mass is 10.1. The van der Waals surface area contributed by atoms with Crippen molar-refractivity contribution >= 4 is 5.78 Å². The van der Waals surface area contributed by atoms with E-state index in [-0.39, 0.29) is 5.78 Å². The molecule has 0 aliphatic rings. The van der Waals surface area contributed by atoms with Crippen LogP contribution in [0.5, 0.6) is 5.75 Å². The van der Waals surface area contributed by atoms with Crippen molar-refractivity contribution in [3.63, 3.8) is 0 Å². The number of Topliss-reactive ketones (excluding diaryl/α,β-unsaturated/α-hetero) is 1. The molecule has 0 unspecified atom stereocenters. The standard InChI is InChI=1S/C15H22O4/c1-3-8-17-9-10-18-11-12-19-15-7-5-4-6-14(15)13(2)16/h4-7H,3,8-12H2,1-2H3. The fourth-order valence-corrected chi connectivity index (χ4v) is 1.56.